The lowest BCUT2D eigenvalue weighted by molar-refractivity contribution is 0.00860. The predicted octanol–water partition coefficient (Wildman–Crippen LogP) is 4.42. The zero-order chi connectivity index (χ0) is 21.1. The quantitative estimate of drug-likeness (QED) is 0.658. The van der Waals surface area contributed by atoms with E-state index >= 15 is 0 Å². The number of rotatable bonds is 6. The highest BCUT2D eigenvalue weighted by Crippen LogP contribution is 2.24. The van der Waals surface area contributed by atoms with Gasteiger partial charge in [0.25, 0.3) is 5.91 Å². The molecule has 1 fully saturated rings. The van der Waals surface area contributed by atoms with Crippen LogP contribution in [0.3, 0.4) is 0 Å². The summed E-state index contributed by atoms with van der Waals surface area (Å²) < 4.78 is 7.93. The molecule has 0 aromatic carbocycles. The molecule has 0 unspecified atom stereocenters. The number of amides is 1. The fourth-order valence-electron chi connectivity index (χ4n) is 4.04. The van der Waals surface area contributed by atoms with Crippen molar-refractivity contribution in [2.24, 2.45) is 5.92 Å². The number of aromatic nitrogens is 3. The molecule has 0 spiro atoms. The zero-order valence-electron chi connectivity index (χ0n) is 18.0. The molecule has 1 N–H and O–H groups in total. The maximum absolute atomic E-state index is 13.0. The number of hydrogen-bond donors (Lipinski definition) is 1. The standard InChI is InChI=1S/C24H30N4O2/c1-16(2)15-30-20-8-6-19(7-9-20)26-24(29)21-10-12-28-17(3)13-22(27-23(21)28)18-5-4-11-25-14-18/h4-5,10-14,16,19-20H,6-9,15H2,1-3H3,(H,26,29). The highest BCUT2D eigenvalue weighted by atomic mass is 16.5. The number of hydrogen-bond acceptors (Lipinski definition) is 4. The smallest absolute Gasteiger partial charge is 0.255 e. The van der Waals surface area contributed by atoms with Crippen molar-refractivity contribution < 1.29 is 9.53 Å². The van der Waals surface area contributed by atoms with Gasteiger partial charge in [-0.05, 0) is 62.8 Å². The minimum absolute atomic E-state index is 0.0562. The molecule has 0 radical (unpaired) electrons. The lowest BCUT2D eigenvalue weighted by Crippen LogP contribution is -2.39. The van der Waals surface area contributed by atoms with Gasteiger partial charge in [-0.25, -0.2) is 4.98 Å². The number of fused-ring (bicyclic) bond motifs is 1. The second-order valence-electron chi connectivity index (χ2n) is 8.62. The molecule has 0 atom stereocenters. The fraction of sp³-hybridized carbons (Fsp3) is 0.458. The van der Waals surface area contributed by atoms with Crippen molar-refractivity contribution in [2.45, 2.75) is 58.6 Å². The van der Waals surface area contributed by atoms with Crippen LogP contribution in [0.25, 0.3) is 16.9 Å². The summed E-state index contributed by atoms with van der Waals surface area (Å²) in [7, 11) is 0. The lowest BCUT2D eigenvalue weighted by Gasteiger charge is -2.29. The minimum Gasteiger partial charge on any atom is -0.378 e. The average Bonchev–Trinajstić information content (AvgIpc) is 3.18. The van der Waals surface area contributed by atoms with Crippen LogP contribution < -0.4 is 5.32 Å². The van der Waals surface area contributed by atoms with Crippen molar-refractivity contribution in [3.63, 3.8) is 0 Å². The van der Waals surface area contributed by atoms with E-state index in [1.807, 2.05) is 41.8 Å². The maximum atomic E-state index is 13.0. The third-order valence-electron chi connectivity index (χ3n) is 5.69. The second kappa shape index (κ2) is 8.96. The summed E-state index contributed by atoms with van der Waals surface area (Å²) in [5.74, 6) is 0.498. The zero-order valence-corrected chi connectivity index (χ0v) is 18.0. The summed E-state index contributed by atoms with van der Waals surface area (Å²) in [4.78, 5) is 22.0. The lowest BCUT2D eigenvalue weighted by atomic mass is 9.92. The van der Waals surface area contributed by atoms with E-state index in [0.29, 0.717) is 23.2 Å². The summed E-state index contributed by atoms with van der Waals surface area (Å²) in [5, 5.41) is 3.22. The van der Waals surface area contributed by atoms with E-state index in [1.165, 1.54) is 0 Å². The Bertz CT molecular complexity index is 1000. The number of carbonyl (C=O) groups is 1. The predicted molar refractivity (Wildman–Crippen MR) is 117 cm³/mol. The molecule has 158 valence electrons. The topological polar surface area (TPSA) is 68.5 Å². The monoisotopic (exact) mass is 406 g/mol. The van der Waals surface area contributed by atoms with Gasteiger partial charge < -0.3 is 14.5 Å². The fourth-order valence-corrected chi connectivity index (χ4v) is 4.04. The van der Waals surface area contributed by atoms with Crippen LogP contribution in [0.1, 0.15) is 55.6 Å². The first-order chi connectivity index (χ1) is 14.5. The van der Waals surface area contributed by atoms with Crippen LogP contribution in [0, 0.1) is 12.8 Å². The van der Waals surface area contributed by atoms with E-state index in [0.717, 1.165) is 49.2 Å². The SMILES string of the molecule is Cc1cc(-c2cccnc2)nc2c(C(=O)NC3CCC(OCC(C)C)CC3)ccn12. The van der Waals surface area contributed by atoms with E-state index in [2.05, 4.69) is 24.1 Å². The molecule has 3 heterocycles. The molecule has 0 bridgehead atoms. The highest BCUT2D eigenvalue weighted by Gasteiger charge is 2.24. The Labute approximate surface area is 177 Å². The molecular formula is C24H30N4O2. The molecule has 3 aromatic rings. The molecule has 0 aliphatic heterocycles. The van der Waals surface area contributed by atoms with Gasteiger partial charge in [-0.15, -0.1) is 0 Å². The molecule has 3 aromatic heterocycles. The van der Waals surface area contributed by atoms with E-state index in [9.17, 15) is 4.79 Å². The van der Waals surface area contributed by atoms with Gasteiger partial charge in [0.1, 0.15) is 5.65 Å². The summed E-state index contributed by atoms with van der Waals surface area (Å²) in [5.41, 5.74) is 4.09. The van der Waals surface area contributed by atoms with Gasteiger partial charge in [-0.3, -0.25) is 9.78 Å². The number of ether oxygens (including phenoxy) is 1. The van der Waals surface area contributed by atoms with Gasteiger partial charge in [-0.2, -0.15) is 0 Å². The summed E-state index contributed by atoms with van der Waals surface area (Å²) in [6.07, 6.45) is 9.67. The first-order valence-electron chi connectivity index (χ1n) is 10.8. The number of carbonyl (C=O) groups excluding carboxylic acids is 1. The van der Waals surface area contributed by atoms with Crippen molar-refractivity contribution in [1.82, 2.24) is 19.7 Å². The molecular weight excluding hydrogens is 376 g/mol. The summed E-state index contributed by atoms with van der Waals surface area (Å²) >= 11 is 0. The second-order valence-corrected chi connectivity index (χ2v) is 8.62. The number of pyridine rings is 1. The average molecular weight is 407 g/mol. The Balaban J connectivity index is 1.47. The van der Waals surface area contributed by atoms with Gasteiger partial charge in [0.15, 0.2) is 0 Å². The molecule has 1 saturated carbocycles. The first-order valence-corrected chi connectivity index (χ1v) is 10.8. The number of aryl methyl sites for hydroxylation is 1. The third kappa shape index (κ3) is 4.54. The van der Waals surface area contributed by atoms with Gasteiger partial charge in [0, 0.05) is 42.5 Å². The van der Waals surface area contributed by atoms with Crippen LogP contribution >= 0.6 is 0 Å². The van der Waals surface area contributed by atoms with E-state index in [-0.39, 0.29) is 11.9 Å². The summed E-state index contributed by atoms with van der Waals surface area (Å²) in [6, 6.07) is 7.94. The van der Waals surface area contributed by atoms with Crippen molar-refractivity contribution in [2.75, 3.05) is 6.61 Å². The van der Waals surface area contributed by atoms with Gasteiger partial charge in [0.05, 0.1) is 17.4 Å². The molecule has 6 heteroatoms. The van der Waals surface area contributed by atoms with Crippen LogP contribution in [0.2, 0.25) is 0 Å². The molecule has 30 heavy (non-hydrogen) atoms. The van der Waals surface area contributed by atoms with Gasteiger partial charge >= 0.3 is 0 Å². The minimum atomic E-state index is -0.0562. The Morgan fingerprint density at radius 3 is 2.77 bits per heavy atom. The van der Waals surface area contributed by atoms with Gasteiger partial charge in [-0.1, -0.05) is 13.8 Å². The largest absolute Gasteiger partial charge is 0.378 e. The molecule has 4 rings (SSSR count). The van der Waals surface area contributed by atoms with Crippen LogP contribution in [0.5, 0.6) is 0 Å². The Morgan fingerprint density at radius 1 is 1.27 bits per heavy atom. The van der Waals surface area contributed by atoms with E-state index in [4.69, 9.17) is 9.72 Å². The van der Waals surface area contributed by atoms with Crippen LogP contribution in [-0.2, 0) is 4.74 Å². The van der Waals surface area contributed by atoms with Crippen molar-refractivity contribution in [3.05, 3.63) is 54.1 Å². The third-order valence-corrected chi connectivity index (χ3v) is 5.69. The van der Waals surface area contributed by atoms with Crippen LogP contribution in [0.4, 0.5) is 0 Å². The summed E-state index contributed by atoms with van der Waals surface area (Å²) in [6.45, 7) is 7.17. The molecule has 0 saturated heterocycles. The van der Waals surface area contributed by atoms with Crippen molar-refractivity contribution in [3.8, 4) is 11.3 Å². The van der Waals surface area contributed by atoms with Crippen molar-refractivity contribution >= 4 is 11.6 Å². The molecule has 6 nitrogen and oxygen atoms in total. The molecule has 1 amide bonds. The van der Waals surface area contributed by atoms with Crippen molar-refractivity contribution in [1.29, 1.82) is 0 Å². The number of nitrogens with zero attached hydrogens (tertiary/aromatic N) is 3. The molecule has 1 aliphatic carbocycles. The Hall–Kier alpha value is -2.73. The molecule has 1 aliphatic rings. The maximum Gasteiger partial charge on any atom is 0.255 e. The van der Waals surface area contributed by atoms with E-state index in [1.54, 1.807) is 12.4 Å². The Kier molecular flexibility index (Phi) is 6.13. The van der Waals surface area contributed by atoms with Crippen LogP contribution in [0.15, 0.2) is 42.9 Å². The number of nitrogens with one attached hydrogen (secondary N) is 1. The van der Waals surface area contributed by atoms with Gasteiger partial charge in [0.2, 0.25) is 0 Å². The normalized spacial score (nSPS) is 19.3. The highest BCUT2D eigenvalue weighted by molar-refractivity contribution is 6.00. The van der Waals surface area contributed by atoms with E-state index < -0.39 is 0 Å². The van der Waals surface area contributed by atoms with Crippen LogP contribution in [-0.4, -0.2) is 39.0 Å². The Morgan fingerprint density at radius 2 is 2.07 bits per heavy atom. The first kappa shape index (κ1) is 20.5.